The molecule has 21 heavy (non-hydrogen) atoms. The number of nitrogens with two attached hydrogens (primary N) is 2. The minimum absolute atomic E-state index is 0.124. The number of carbonyl (C=O) groups is 2. The number of morpholine rings is 1. The number of carbonyl (C=O) groups excluding carboxylic acids is 2. The highest BCUT2D eigenvalue weighted by Gasteiger charge is 2.31. The predicted octanol–water partition coefficient (Wildman–Crippen LogP) is -0.291. The second-order valence-corrected chi connectivity index (χ2v) is 4.78. The fourth-order valence-electron chi connectivity index (χ4n) is 2.42. The minimum atomic E-state index is -0.586. The molecule has 0 radical (unpaired) electrons. The van der Waals surface area contributed by atoms with Gasteiger partial charge in [0.2, 0.25) is 5.91 Å². The summed E-state index contributed by atoms with van der Waals surface area (Å²) in [4.78, 5) is 25.4. The molecule has 1 aliphatic heterocycles. The summed E-state index contributed by atoms with van der Waals surface area (Å²) in [5.41, 5.74) is 12.5. The lowest BCUT2D eigenvalue weighted by Gasteiger charge is -2.37. The first-order valence-electron chi connectivity index (χ1n) is 6.86. The molecule has 1 unspecified atom stereocenters. The lowest BCUT2D eigenvalue weighted by Crippen LogP contribution is -2.54. The van der Waals surface area contributed by atoms with E-state index in [-0.39, 0.29) is 18.1 Å². The molecule has 1 aromatic rings. The SMILES string of the molecule is CCNC(=O)C1COCCN1c1cccc(C(N)=O)c1N. The van der Waals surface area contributed by atoms with E-state index < -0.39 is 11.9 Å². The van der Waals surface area contributed by atoms with Crippen molar-refractivity contribution < 1.29 is 14.3 Å². The van der Waals surface area contributed by atoms with Crippen molar-refractivity contribution >= 4 is 23.2 Å². The molecule has 1 aliphatic rings. The molecule has 0 aromatic heterocycles. The van der Waals surface area contributed by atoms with Crippen molar-refractivity contribution in [1.82, 2.24) is 5.32 Å². The summed E-state index contributed by atoms with van der Waals surface area (Å²) in [6.07, 6.45) is 0. The number of benzene rings is 1. The third-order valence-electron chi connectivity index (χ3n) is 3.44. The monoisotopic (exact) mass is 292 g/mol. The van der Waals surface area contributed by atoms with Crippen LogP contribution in [0.25, 0.3) is 0 Å². The maximum atomic E-state index is 12.1. The van der Waals surface area contributed by atoms with Crippen molar-refractivity contribution in [3.8, 4) is 0 Å². The molecule has 0 bridgehead atoms. The highest BCUT2D eigenvalue weighted by atomic mass is 16.5. The number of amides is 2. The first-order valence-corrected chi connectivity index (χ1v) is 6.86. The molecule has 114 valence electrons. The normalized spacial score (nSPS) is 18.3. The number of hydrogen-bond acceptors (Lipinski definition) is 5. The number of para-hydroxylation sites is 1. The maximum absolute atomic E-state index is 12.1. The van der Waals surface area contributed by atoms with E-state index in [4.69, 9.17) is 16.2 Å². The Kier molecular flexibility index (Phi) is 4.64. The standard InChI is InChI=1S/C14H20N4O3/c1-2-17-14(20)11-8-21-7-6-18(11)10-5-3-4-9(12(10)15)13(16)19/h3-5,11H,2,6-8,15H2,1H3,(H2,16,19)(H,17,20). The van der Waals surface area contributed by atoms with Crippen LogP contribution in [0.15, 0.2) is 18.2 Å². The van der Waals surface area contributed by atoms with Crippen LogP contribution in [-0.4, -0.2) is 44.2 Å². The summed E-state index contributed by atoms with van der Waals surface area (Å²) in [6.45, 7) is 3.70. The molecule has 0 aliphatic carbocycles. The van der Waals surface area contributed by atoms with Crippen molar-refractivity contribution in [2.24, 2.45) is 5.73 Å². The van der Waals surface area contributed by atoms with Gasteiger partial charge in [-0.2, -0.15) is 0 Å². The Morgan fingerprint density at radius 1 is 1.48 bits per heavy atom. The van der Waals surface area contributed by atoms with E-state index in [0.29, 0.717) is 31.1 Å². The molecule has 1 heterocycles. The number of anilines is 2. The molecule has 1 aromatic carbocycles. The lowest BCUT2D eigenvalue weighted by molar-refractivity contribution is -0.124. The van der Waals surface area contributed by atoms with Gasteiger partial charge in [-0.15, -0.1) is 0 Å². The molecular weight excluding hydrogens is 272 g/mol. The maximum Gasteiger partial charge on any atom is 0.250 e. The van der Waals surface area contributed by atoms with Gasteiger partial charge in [0.1, 0.15) is 6.04 Å². The fraction of sp³-hybridized carbons (Fsp3) is 0.429. The summed E-state index contributed by atoms with van der Waals surface area (Å²) in [6, 6.07) is 4.59. The average molecular weight is 292 g/mol. The fourth-order valence-corrected chi connectivity index (χ4v) is 2.42. The van der Waals surface area contributed by atoms with E-state index in [1.807, 2.05) is 11.8 Å². The zero-order valence-electron chi connectivity index (χ0n) is 12.0. The molecule has 0 spiro atoms. The highest BCUT2D eigenvalue weighted by Crippen LogP contribution is 2.29. The van der Waals surface area contributed by atoms with Crippen LogP contribution < -0.4 is 21.7 Å². The van der Waals surface area contributed by atoms with Crippen LogP contribution in [0.2, 0.25) is 0 Å². The van der Waals surface area contributed by atoms with E-state index in [1.165, 1.54) is 0 Å². The molecule has 1 atom stereocenters. The van der Waals surface area contributed by atoms with E-state index in [1.54, 1.807) is 18.2 Å². The molecule has 2 amide bonds. The van der Waals surface area contributed by atoms with Crippen molar-refractivity contribution in [3.05, 3.63) is 23.8 Å². The molecule has 1 saturated heterocycles. The molecule has 0 saturated carbocycles. The second-order valence-electron chi connectivity index (χ2n) is 4.78. The number of nitrogens with one attached hydrogen (secondary N) is 1. The highest BCUT2D eigenvalue weighted by molar-refractivity contribution is 6.01. The first kappa shape index (κ1) is 15.1. The lowest BCUT2D eigenvalue weighted by atomic mass is 10.1. The van der Waals surface area contributed by atoms with Gasteiger partial charge in [-0.1, -0.05) is 6.07 Å². The van der Waals surface area contributed by atoms with Crippen LogP contribution >= 0.6 is 0 Å². The summed E-state index contributed by atoms with van der Waals surface area (Å²) >= 11 is 0. The van der Waals surface area contributed by atoms with Gasteiger partial charge in [-0.05, 0) is 19.1 Å². The Hall–Kier alpha value is -2.28. The molecule has 7 heteroatoms. The Balaban J connectivity index is 2.35. The molecule has 7 nitrogen and oxygen atoms in total. The van der Waals surface area contributed by atoms with Crippen molar-refractivity contribution in [3.63, 3.8) is 0 Å². The van der Waals surface area contributed by atoms with Gasteiger partial charge in [-0.25, -0.2) is 0 Å². The summed E-state index contributed by atoms with van der Waals surface area (Å²) in [7, 11) is 0. The van der Waals surface area contributed by atoms with Crippen molar-refractivity contribution in [2.75, 3.05) is 36.9 Å². The van der Waals surface area contributed by atoms with Crippen molar-refractivity contribution in [2.45, 2.75) is 13.0 Å². The van der Waals surface area contributed by atoms with E-state index in [9.17, 15) is 9.59 Å². The van der Waals surface area contributed by atoms with E-state index in [2.05, 4.69) is 5.32 Å². The van der Waals surface area contributed by atoms with Gasteiger partial charge in [0, 0.05) is 13.1 Å². The van der Waals surface area contributed by atoms with E-state index >= 15 is 0 Å². The molecule has 2 rings (SSSR count). The number of rotatable bonds is 4. The number of nitrogens with zero attached hydrogens (tertiary/aromatic N) is 1. The van der Waals surface area contributed by atoms with Gasteiger partial charge in [0.05, 0.1) is 30.2 Å². The summed E-state index contributed by atoms with van der Waals surface area (Å²) in [5.74, 6) is -0.710. The quantitative estimate of drug-likeness (QED) is 0.660. The predicted molar refractivity (Wildman–Crippen MR) is 80.0 cm³/mol. The minimum Gasteiger partial charge on any atom is -0.396 e. The first-order chi connectivity index (χ1) is 10.1. The summed E-state index contributed by atoms with van der Waals surface area (Å²) < 4.78 is 5.38. The van der Waals surface area contributed by atoms with Crippen molar-refractivity contribution in [1.29, 1.82) is 0 Å². The zero-order chi connectivity index (χ0) is 15.4. The average Bonchev–Trinajstić information content (AvgIpc) is 2.47. The Bertz CT molecular complexity index is 547. The van der Waals surface area contributed by atoms with Crippen LogP contribution in [0.1, 0.15) is 17.3 Å². The Morgan fingerprint density at radius 3 is 2.90 bits per heavy atom. The third kappa shape index (κ3) is 3.08. The Labute approximate surface area is 123 Å². The molecule has 1 fully saturated rings. The summed E-state index contributed by atoms with van der Waals surface area (Å²) in [5, 5.41) is 2.78. The molecular formula is C14H20N4O3. The van der Waals surface area contributed by atoms with Crippen LogP contribution in [0.4, 0.5) is 11.4 Å². The third-order valence-corrected chi connectivity index (χ3v) is 3.44. The van der Waals surface area contributed by atoms with Gasteiger partial charge in [-0.3, -0.25) is 9.59 Å². The number of likely N-dealkylation sites (N-methyl/N-ethyl adjacent to an activating group) is 1. The van der Waals surface area contributed by atoms with Crippen LogP contribution in [0.3, 0.4) is 0 Å². The number of primary amides is 1. The van der Waals surface area contributed by atoms with Gasteiger partial charge in [0.25, 0.3) is 5.91 Å². The van der Waals surface area contributed by atoms with Crippen LogP contribution in [-0.2, 0) is 9.53 Å². The van der Waals surface area contributed by atoms with E-state index in [0.717, 1.165) is 0 Å². The van der Waals surface area contributed by atoms with Gasteiger partial charge in [0.15, 0.2) is 0 Å². The van der Waals surface area contributed by atoms with Crippen LogP contribution in [0, 0.1) is 0 Å². The Morgan fingerprint density at radius 2 is 2.24 bits per heavy atom. The zero-order valence-corrected chi connectivity index (χ0v) is 12.0. The number of nitrogen functional groups attached to an aromatic ring is 1. The topological polar surface area (TPSA) is 111 Å². The number of hydrogen-bond donors (Lipinski definition) is 3. The van der Waals surface area contributed by atoms with Crippen LogP contribution in [0.5, 0.6) is 0 Å². The largest absolute Gasteiger partial charge is 0.396 e. The van der Waals surface area contributed by atoms with Gasteiger partial charge < -0.3 is 26.4 Å². The molecule has 5 N–H and O–H groups in total. The smallest absolute Gasteiger partial charge is 0.250 e. The second kappa shape index (κ2) is 6.45. The number of ether oxygens (including phenoxy) is 1. The van der Waals surface area contributed by atoms with Gasteiger partial charge >= 0.3 is 0 Å².